The molecule has 0 atom stereocenters. The fourth-order valence-electron chi connectivity index (χ4n) is 1.61. The second kappa shape index (κ2) is 4.53. The number of aliphatic carboxylic acids is 1. The van der Waals surface area contributed by atoms with Crippen LogP contribution in [0.4, 0.5) is 5.69 Å². The maximum absolute atomic E-state index is 11.0. The molecule has 92 valence electrons. The highest BCUT2D eigenvalue weighted by Crippen LogP contribution is 2.30. The van der Waals surface area contributed by atoms with E-state index in [0.29, 0.717) is 5.56 Å². The summed E-state index contributed by atoms with van der Waals surface area (Å²) >= 11 is 0. The van der Waals surface area contributed by atoms with E-state index in [-0.39, 0.29) is 12.1 Å². The quantitative estimate of drug-likeness (QED) is 0.644. The smallest absolute Gasteiger partial charge is 0.309 e. The van der Waals surface area contributed by atoms with Gasteiger partial charge in [-0.1, -0.05) is 12.1 Å². The van der Waals surface area contributed by atoms with Gasteiger partial charge in [0.2, 0.25) is 0 Å². The average molecular weight is 237 g/mol. The molecule has 0 saturated carbocycles. The van der Waals surface area contributed by atoms with Gasteiger partial charge in [-0.15, -0.1) is 0 Å². The van der Waals surface area contributed by atoms with Crippen molar-refractivity contribution >= 4 is 11.7 Å². The van der Waals surface area contributed by atoms with Crippen molar-refractivity contribution < 1.29 is 14.8 Å². The normalized spacial score (nSPS) is 11.2. The number of carboxylic acids is 1. The predicted octanol–water partition coefficient (Wildman–Crippen LogP) is 2.56. The number of carboxylic acid groups (broad SMARTS) is 1. The van der Waals surface area contributed by atoms with Crippen molar-refractivity contribution in [1.29, 1.82) is 0 Å². The van der Waals surface area contributed by atoms with Crippen LogP contribution in [0.3, 0.4) is 0 Å². The second-order valence-corrected chi connectivity index (χ2v) is 4.70. The molecule has 1 N–H and O–H groups in total. The number of aryl methyl sites for hydroxylation is 1. The van der Waals surface area contributed by atoms with Crippen LogP contribution < -0.4 is 0 Å². The van der Waals surface area contributed by atoms with Crippen molar-refractivity contribution in [2.75, 3.05) is 0 Å². The maximum Gasteiger partial charge on any atom is 0.309 e. The Morgan fingerprint density at radius 3 is 2.53 bits per heavy atom. The summed E-state index contributed by atoms with van der Waals surface area (Å²) in [5.41, 5.74) is 0.203. The van der Waals surface area contributed by atoms with Crippen LogP contribution in [0.5, 0.6) is 0 Å². The molecule has 0 aromatic heterocycles. The van der Waals surface area contributed by atoms with E-state index in [1.165, 1.54) is 6.07 Å². The highest BCUT2D eigenvalue weighted by atomic mass is 16.6. The van der Waals surface area contributed by atoms with Crippen molar-refractivity contribution in [2.24, 2.45) is 5.41 Å². The van der Waals surface area contributed by atoms with Gasteiger partial charge in [-0.05, 0) is 32.8 Å². The number of carbonyl (C=O) groups is 1. The van der Waals surface area contributed by atoms with Gasteiger partial charge >= 0.3 is 5.97 Å². The Hall–Kier alpha value is -1.91. The summed E-state index contributed by atoms with van der Waals surface area (Å²) in [5.74, 6) is -0.963. The number of nitrogens with zero attached hydrogens (tertiary/aromatic N) is 1. The second-order valence-electron chi connectivity index (χ2n) is 4.70. The number of nitro groups is 1. The van der Waals surface area contributed by atoms with E-state index in [0.717, 1.165) is 5.56 Å². The van der Waals surface area contributed by atoms with Crippen LogP contribution in [0.1, 0.15) is 25.0 Å². The Bertz CT molecular complexity index is 466. The number of hydrogen-bond acceptors (Lipinski definition) is 3. The van der Waals surface area contributed by atoms with E-state index < -0.39 is 16.3 Å². The minimum atomic E-state index is -1.02. The van der Waals surface area contributed by atoms with Crippen molar-refractivity contribution in [3.05, 3.63) is 39.4 Å². The zero-order chi connectivity index (χ0) is 13.2. The summed E-state index contributed by atoms with van der Waals surface area (Å²) in [6.45, 7) is 4.87. The lowest BCUT2D eigenvalue weighted by atomic mass is 9.84. The zero-order valence-corrected chi connectivity index (χ0v) is 10.1. The number of hydrogen-bond donors (Lipinski definition) is 1. The summed E-state index contributed by atoms with van der Waals surface area (Å²) < 4.78 is 0. The molecule has 1 aromatic carbocycles. The molecular formula is C12H15NO4. The van der Waals surface area contributed by atoms with E-state index in [4.69, 9.17) is 5.11 Å². The third-order valence-electron chi connectivity index (χ3n) is 2.78. The lowest BCUT2D eigenvalue weighted by Crippen LogP contribution is -2.26. The highest BCUT2D eigenvalue weighted by molar-refractivity contribution is 5.74. The molecule has 5 heteroatoms. The van der Waals surface area contributed by atoms with E-state index in [9.17, 15) is 14.9 Å². The summed E-state index contributed by atoms with van der Waals surface area (Å²) in [6.07, 6.45) is 0.144. The standard InChI is InChI=1S/C12H15NO4/c1-8-5-4-6-10(13(16)17)9(8)7-12(2,3)11(14)15/h4-6H,7H2,1-3H3,(H,14,15). The van der Waals surface area contributed by atoms with Crippen LogP contribution in [0.15, 0.2) is 18.2 Å². The van der Waals surface area contributed by atoms with Gasteiger partial charge in [-0.25, -0.2) is 0 Å². The van der Waals surface area contributed by atoms with E-state index in [1.807, 2.05) is 0 Å². The van der Waals surface area contributed by atoms with Gasteiger partial charge in [-0.3, -0.25) is 14.9 Å². The Labute approximate surface area is 99.2 Å². The van der Waals surface area contributed by atoms with Crippen LogP contribution in [0.2, 0.25) is 0 Å². The molecule has 0 aliphatic carbocycles. The predicted molar refractivity (Wildman–Crippen MR) is 63.0 cm³/mol. The van der Waals surface area contributed by atoms with E-state index >= 15 is 0 Å². The number of benzene rings is 1. The van der Waals surface area contributed by atoms with Crippen molar-refractivity contribution in [3.63, 3.8) is 0 Å². The molecule has 0 spiro atoms. The fraction of sp³-hybridized carbons (Fsp3) is 0.417. The lowest BCUT2D eigenvalue weighted by Gasteiger charge is -2.20. The van der Waals surface area contributed by atoms with Gasteiger partial charge in [-0.2, -0.15) is 0 Å². The first-order valence-corrected chi connectivity index (χ1v) is 5.22. The van der Waals surface area contributed by atoms with Crippen LogP contribution in [-0.2, 0) is 11.2 Å². The summed E-state index contributed by atoms with van der Waals surface area (Å²) in [6, 6.07) is 4.76. The molecule has 0 bridgehead atoms. The summed E-state index contributed by atoms with van der Waals surface area (Å²) in [4.78, 5) is 21.5. The third kappa shape index (κ3) is 2.81. The SMILES string of the molecule is Cc1cccc([N+](=O)[O-])c1CC(C)(C)C(=O)O. The van der Waals surface area contributed by atoms with Gasteiger partial charge in [0.15, 0.2) is 0 Å². The van der Waals surface area contributed by atoms with Gasteiger partial charge in [0.25, 0.3) is 5.69 Å². The summed E-state index contributed by atoms with van der Waals surface area (Å²) in [7, 11) is 0. The number of nitro benzene ring substituents is 1. The molecule has 0 aliphatic rings. The molecule has 0 aliphatic heterocycles. The van der Waals surface area contributed by atoms with Crippen molar-refractivity contribution in [2.45, 2.75) is 27.2 Å². The topological polar surface area (TPSA) is 80.4 Å². The van der Waals surface area contributed by atoms with E-state index in [2.05, 4.69) is 0 Å². The molecule has 1 rings (SSSR count). The van der Waals surface area contributed by atoms with E-state index in [1.54, 1.807) is 32.9 Å². The Morgan fingerprint density at radius 2 is 2.06 bits per heavy atom. The lowest BCUT2D eigenvalue weighted by molar-refractivity contribution is -0.385. The molecule has 17 heavy (non-hydrogen) atoms. The Morgan fingerprint density at radius 1 is 1.47 bits per heavy atom. The number of rotatable bonds is 4. The maximum atomic E-state index is 11.0. The van der Waals surface area contributed by atoms with Crippen LogP contribution in [-0.4, -0.2) is 16.0 Å². The Kier molecular flexibility index (Phi) is 3.50. The molecule has 5 nitrogen and oxygen atoms in total. The zero-order valence-electron chi connectivity index (χ0n) is 10.1. The van der Waals surface area contributed by atoms with Crippen LogP contribution in [0, 0.1) is 22.5 Å². The molecular weight excluding hydrogens is 222 g/mol. The molecule has 0 fully saturated rings. The van der Waals surface area contributed by atoms with Gasteiger partial charge in [0, 0.05) is 11.6 Å². The molecule has 0 saturated heterocycles. The van der Waals surface area contributed by atoms with Gasteiger partial charge < -0.3 is 5.11 Å². The highest BCUT2D eigenvalue weighted by Gasteiger charge is 2.31. The van der Waals surface area contributed by atoms with Crippen molar-refractivity contribution in [1.82, 2.24) is 0 Å². The molecule has 0 radical (unpaired) electrons. The average Bonchev–Trinajstić information content (AvgIpc) is 2.20. The first-order valence-electron chi connectivity index (χ1n) is 5.22. The molecule has 0 amide bonds. The monoisotopic (exact) mass is 237 g/mol. The van der Waals surface area contributed by atoms with Gasteiger partial charge in [0.05, 0.1) is 10.3 Å². The molecule has 0 unspecified atom stereocenters. The summed E-state index contributed by atoms with van der Waals surface area (Å²) in [5, 5.41) is 19.9. The van der Waals surface area contributed by atoms with Crippen molar-refractivity contribution in [3.8, 4) is 0 Å². The van der Waals surface area contributed by atoms with Gasteiger partial charge in [0.1, 0.15) is 0 Å². The molecule has 1 aromatic rings. The first-order chi connectivity index (χ1) is 7.75. The largest absolute Gasteiger partial charge is 0.481 e. The first kappa shape index (κ1) is 13.2. The fourth-order valence-corrected chi connectivity index (χ4v) is 1.61. The van der Waals surface area contributed by atoms with Crippen LogP contribution >= 0.6 is 0 Å². The van der Waals surface area contributed by atoms with Crippen LogP contribution in [0.25, 0.3) is 0 Å². The minimum Gasteiger partial charge on any atom is -0.481 e. The molecule has 0 heterocycles. The third-order valence-corrected chi connectivity index (χ3v) is 2.78. The minimum absolute atomic E-state index is 0.0145. The Balaban J connectivity index is 3.22.